The number of hydrogen-bond acceptors (Lipinski definition) is 7. The summed E-state index contributed by atoms with van der Waals surface area (Å²) in [6.45, 7) is 4.69. The number of carbonyl (C=O) groups is 1. The molecule has 2 aliphatic rings. The zero-order chi connectivity index (χ0) is 28.7. The minimum absolute atomic E-state index is 0.121. The standard InChI is InChI=1S/C33H35N5O3/c1-33(2)18-25-29(26(39)19-33)30(23-13-16-27(28(17-23)40-5)41-20-21-9-7-6-8-10-21)38-32(34-25)35-31(36-38)22-11-14-24(15-12-22)37(3)4/h6-17,30H,18-20H2,1-5H3,(H,34,35,36). The molecule has 1 aliphatic carbocycles. The average molecular weight is 550 g/mol. The summed E-state index contributed by atoms with van der Waals surface area (Å²) in [6, 6.07) is 23.6. The Morgan fingerprint density at radius 2 is 1.76 bits per heavy atom. The zero-order valence-corrected chi connectivity index (χ0v) is 24.1. The predicted molar refractivity (Wildman–Crippen MR) is 160 cm³/mol. The number of fused-ring (bicyclic) bond motifs is 1. The van der Waals surface area contributed by atoms with Crippen LogP contribution < -0.4 is 19.7 Å². The van der Waals surface area contributed by atoms with Crippen LogP contribution >= 0.6 is 0 Å². The van der Waals surface area contributed by atoms with Crippen molar-refractivity contribution in [3.05, 3.63) is 95.2 Å². The molecule has 1 N–H and O–H groups in total. The molecule has 1 aromatic heterocycles. The molecule has 0 radical (unpaired) electrons. The van der Waals surface area contributed by atoms with Gasteiger partial charge in [0, 0.05) is 43.0 Å². The summed E-state index contributed by atoms with van der Waals surface area (Å²) in [7, 11) is 5.66. The Kier molecular flexibility index (Phi) is 6.77. The molecule has 0 amide bonds. The Morgan fingerprint density at radius 1 is 1.00 bits per heavy atom. The van der Waals surface area contributed by atoms with Gasteiger partial charge in [0.15, 0.2) is 23.1 Å². The van der Waals surface area contributed by atoms with E-state index in [1.54, 1.807) is 7.11 Å². The monoisotopic (exact) mass is 549 g/mol. The molecule has 8 nitrogen and oxygen atoms in total. The van der Waals surface area contributed by atoms with Gasteiger partial charge in [-0.3, -0.25) is 4.79 Å². The number of methoxy groups -OCH3 is 1. The van der Waals surface area contributed by atoms with Gasteiger partial charge in [-0.2, -0.15) is 4.98 Å². The van der Waals surface area contributed by atoms with Crippen LogP contribution in [0, 0.1) is 5.41 Å². The molecular weight excluding hydrogens is 514 g/mol. The van der Waals surface area contributed by atoms with Crippen LogP contribution in [-0.2, 0) is 11.4 Å². The van der Waals surface area contributed by atoms with Crippen molar-refractivity contribution in [1.82, 2.24) is 14.8 Å². The second kappa shape index (κ2) is 10.4. The highest BCUT2D eigenvalue weighted by molar-refractivity contribution is 6.00. The van der Waals surface area contributed by atoms with Crippen LogP contribution in [0.25, 0.3) is 11.4 Å². The fraction of sp³-hybridized carbons (Fsp3) is 0.303. The molecule has 0 bridgehead atoms. The van der Waals surface area contributed by atoms with Crippen molar-refractivity contribution in [2.45, 2.75) is 39.3 Å². The maximum Gasteiger partial charge on any atom is 0.226 e. The third-order valence-corrected chi connectivity index (χ3v) is 7.71. The number of aromatic nitrogens is 3. The van der Waals surface area contributed by atoms with Gasteiger partial charge in [-0.15, -0.1) is 5.10 Å². The summed E-state index contributed by atoms with van der Waals surface area (Å²) >= 11 is 0. The van der Waals surface area contributed by atoms with Gasteiger partial charge >= 0.3 is 0 Å². The molecule has 0 fully saturated rings. The van der Waals surface area contributed by atoms with E-state index in [0.717, 1.165) is 40.1 Å². The van der Waals surface area contributed by atoms with Gasteiger partial charge in [0.25, 0.3) is 0 Å². The molecule has 0 saturated heterocycles. The first-order valence-electron chi connectivity index (χ1n) is 13.8. The fourth-order valence-electron chi connectivity index (χ4n) is 5.66. The summed E-state index contributed by atoms with van der Waals surface area (Å²) < 4.78 is 13.7. The highest BCUT2D eigenvalue weighted by Crippen LogP contribution is 2.46. The van der Waals surface area contributed by atoms with Crippen LogP contribution in [0.4, 0.5) is 11.6 Å². The molecule has 6 rings (SSSR count). The lowest BCUT2D eigenvalue weighted by molar-refractivity contribution is -0.118. The van der Waals surface area contributed by atoms with Crippen LogP contribution in [0.3, 0.4) is 0 Å². The lowest BCUT2D eigenvalue weighted by Gasteiger charge is -2.38. The van der Waals surface area contributed by atoms with Gasteiger partial charge in [0.1, 0.15) is 12.6 Å². The second-order valence-corrected chi connectivity index (χ2v) is 11.7. The summed E-state index contributed by atoms with van der Waals surface area (Å²) in [4.78, 5) is 20.6. The van der Waals surface area contributed by atoms with Gasteiger partial charge in [-0.25, -0.2) is 4.68 Å². The van der Waals surface area contributed by atoms with E-state index in [4.69, 9.17) is 19.6 Å². The Hall–Kier alpha value is -4.59. The number of nitrogens with one attached hydrogen (secondary N) is 1. The van der Waals surface area contributed by atoms with Crippen LogP contribution in [0.2, 0.25) is 0 Å². The van der Waals surface area contributed by atoms with Gasteiger partial charge in [0.2, 0.25) is 5.95 Å². The molecule has 210 valence electrons. The maximum absolute atomic E-state index is 13.7. The molecule has 4 aromatic rings. The van der Waals surface area contributed by atoms with Gasteiger partial charge in [-0.1, -0.05) is 50.2 Å². The smallest absolute Gasteiger partial charge is 0.226 e. The molecule has 1 unspecified atom stereocenters. The van der Waals surface area contributed by atoms with Crippen LogP contribution in [0.15, 0.2) is 84.1 Å². The number of ether oxygens (including phenoxy) is 2. The maximum atomic E-state index is 13.7. The molecule has 1 aliphatic heterocycles. The summed E-state index contributed by atoms with van der Waals surface area (Å²) in [6.07, 6.45) is 1.22. The summed E-state index contributed by atoms with van der Waals surface area (Å²) in [5.74, 6) is 2.58. The van der Waals surface area contributed by atoms with Crippen molar-refractivity contribution in [3.63, 3.8) is 0 Å². The number of rotatable bonds is 7. The first kappa shape index (κ1) is 26.6. The zero-order valence-electron chi connectivity index (χ0n) is 24.1. The van der Waals surface area contributed by atoms with Crippen molar-refractivity contribution < 1.29 is 14.3 Å². The Labute approximate surface area is 240 Å². The number of nitrogens with zero attached hydrogens (tertiary/aromatic N) is 4. The second-order valence-electron chi connectivity index (χ2n) is 11.7. The first-order chi connectivity index (χ1) is 19.7. The topological polar surface area (TPSA) is 81.5 Å². The van der Waals surface area contributed by atoms with Crippen LogP contribution in [0.5, 0.6) is 11.5 Å². The number of allylic oxidation sites excluding steroid dienone is 2. The summed E-state index contributed by atoms with van der Waals surface area (Å²) in [5, 5.41) is 8.41. The molecule has 8 heteroatoms. The quantitative estimate of drug-likeness (QED) is 0.292. The number of carbonyl (C=O) groups excluding carboxylic acids is 1. The third-order valence-electron chi connectivity index (χ3n) is 7.71. The van der Waals surface area contributed by atoms with Crippen molar-refractivity contribution in [2.75, 3.05) is 31.4 Å². The fourth-order valence-corrected chi connectivity index (χ4v) is 5.66. The SMILES string of the molecule is COc1cc(C2C3=C(CC(C)(C)CC3=O)Nc3nc(-c4ccc(N(C)C)cc4)nn32)ccc1OCc1ccccc1. The minimum atomic E-state index is -0.441. The first-order valence-corrected chi connectivity index (χ1v) is 13.8. The minimum Gasteiger partial charge on any atom is -0.493 e. The number of ketones is 1. The highest BCUT2D eigenvalue weighted by Gasteiger charge is 2.42. The van der Waals surface area contributed by atoms with E-state index in [2.05, 4.69) is 36.2 Å². The third kappa shape index (κ3) is 5.17. The van der Waals surface area contributed by atoms with Crippen molar-refractivity contribution in [3.8, 4) is 22.9 Å². The van der Waals surface area contributed by atoms with Crippen molar-refractivity contribution in [1.29, 1.82) is 0 Å². The van der Waals surface area contributed by atoms with Crippen LogP contribution in [0.1, 0.15) is 43.9 Å². The molecule has 41 heavy (non-hydrogen) atoms. The van der Waals surface area contributed by atoms with Crippen molar-refractivity contribution in [2.24, 2.45) is 5.41 Å². The molecule has 0 saturated carbocycles. The molecule has 3 aromatic carbocycles. The van der Waals surface area contributed by atoms with Gasteiger partial charge < -0.3 is 19.7 Å². The lowest BCUT2D eigenvalue weighted by atomic mass is 9.73. The predicted octanol–water partition coefficient (Wildman–Crippen LogP) is 6.26. The summed E-state index contributed by atoms with van der Waals surface area (Å²) in [5.41, 5.74) is 5.46. The molecule has 0 spiro atoms. The Balaban J connectivity index is 1.41. The number of Topliss-reactive ketones (excluding diaryl/α,β-unsaturated/α-hetero) is 1. The average Bonchev–Trinajstić information content (AvgIpc) is 3.38. The molecule has 2 heterocycles. The Bertz CT molecular complexity index is 1620. The van der Waals surface area contributed by atoms with Gasteiger partial charge in [0.05, 0.1) is 7.11 Å². The Morgan fingerprint density at radius 3 is 2.46 bits per heavy atom. The van der Waals surface area contributed by atoms with E-state index in [0.29, 0.717) is 36.3 Å². The lowest BCUT2D eigenvalue weighted by Crippen LogP contribution is -2.36. The highest BCUT2D eigenvalue weighted by atomic mass is 16.5. The van der Waals surface area contributed by atoms with Crippen LogP contribution in [-0.4, -0.2) is 41.8 Å². The van der Waals surface area contributed by atoms with E-state index in [1.807, 2.05) is 79.4 Å². The molecule has 1 atom stereocenters. The number of anilines is 2. The van der Waals surface area contributed by atoms with E-state index in [-0.39, 0.29) is 11.2 Å². The molecular formula is C33H35N5O3. The van der Waals surface area contributed by atoms with Crippen molar-refractivity contribution >= 4 is 17.4 Å². The van der Waals surface area contributed by atoms with Gasteiger partial charge in [-0.05, 0) is 59.4 Å². The van der Waals surface area contributed by atoms with E-state index in [1.165, 1.54) is 0 Å². The number of benzene rings is 3. The normalized spacial score (nSPS) is 17.4. The largest absolute Gasteiger partial charge is 0.493 e. The number of hydrogen-bond donors (Lipinski definition) is 1. The van der Waals surface area contributed by atoms with E-state index < -0.39 is 6.04 Å². The van der Waals surface area contributed by atoms with E-state index >= 15 is 0 Å². The van der Waals surface area contributed by atoms with E-state index in [9.17, 15) is 4.79 Å².